The first-order chi connectivity index (χ1) is 13.0. The van der Waals surface area contributed by atoms with Gasteiger partial charge in [-0.15, -0.1) is 0 Å². The maximum absolute atomic E-state index is 13.7. The molecule has 3 aromatic rings. The Kier molecular flexibility index (Phi) is 5.46. The molecule has 8 heteroatoms. The smallest absolute Gasteiger partial charge is 0.313 e. The Balaban J connectivity index is 1.53. The van der Waals surface area contributed by atoms with Crippen molar-refractivity contribution >= 4 is 23.1 Å². The van der Waals surface area contributed by atoms with E-state index in [9.17, 15) is 14.0 Å². The highest BCUT2D eigenvalue weighted by Gasteiger charge is 2.14. The van der Waals surface area contributed by atoms with E-state index >= 15 is 0 Å². The molecule has 0 unspecified atom stereocenters. The van der Waals surface area contributed by atoms with Crippen LogP contribution in [0.5, 0.6) is 0 Å². The Morgan fingerprint density at radius 1 is 1.22 bits per heavy atom. The van der Waals surface area contributed by atoms with Gasteiger partial charge in [0.15, 0.2) is 0 Å². The summed E-state index contributed by atoms with van der Waals surface area (Å²) in [5.74, 6) is -2.18. The number of aromatic nitrogens is 2. The first kappa shape index (κ1) is 18.5. The number of hydrogen-bond acceptors (Lipinski definition) is 4. The van der Waals surface area contributed by atoms with Gasteiger partial charge in [0, 0.05) is 42.7 Å². The average Bonchev–Trinajstić information content (AvgIpc) is 3.06. The minimum atomic E-state index is -0.860. The topological polar surface area (TPSA) is 102 Å². The van der Waals surface area contributed by atoms with E-state index in [2.05, 4.69) is 15.6 Å². The maximum Gasteiger partial charge on any atom is 0.313 e. The van der Waals surface area contributed by atoms with Gasteiger partial charge in [0.05, 0.1) is 5.69 Å². The van der Waals surface area contributed by atoms with Crippen molar-refractivity contribution in [1.82, 2.24) is 14.7 Å². The largest absolute Gasteiger partial charge is 0.347 e. The van der Waals surface area contributed by atoms with Crippen molar-refractivity contribution in [3.05, 3.63) is 65.4 Å². The number of hydrogen-bond donors (Lipinski definition) is 3. The van der Waals surface area contributed by atoms with Crippen LogP contribution in [0.4, 0.5) is 10.1 Å². The Morgan fingerprint density at radius 2 is 2.04 bits per heavy atom. The van der Waals surface area contributed by atoms with Crippen molar-refractivity contribution in [2.45, 2.75) is 19.9 Å². The van der Waals surface area contributed by atoms with E-state index < -0.39 is 17.6 Å². The Labute approximate surface area is 155 Å². The van der Waals surface area contributed by atoms with Crippen molar-refractivity contribution in [2.24, 2.45) is 5.73 Å². The summed E-state index contributed by atoms with van der Waals surface area (Å²) in [6.45, 7) is 2.30. The number of carbonyl (C=O) groups excluding carboxylic acids is 2. The Morgan fingerprint density at radius 3 is 2.74 bits per heavy atom. The molecule has 0 saturated heterocycles. The Bertz CT molecular complexity index is 999. The highest BCUT2D eigenvalue weighted by Crippen LogP contribution is 2.14. The normalized spacial score (nSPS) is 10.8. The van der Waals surface area contributed by atoms with Gasteiger partial charge in [-0.1, -0.05) is 12.1 Å². The summed E-state index contributed by atoms with van der Waals surface area (Å²) in [5.41, 5.74) is 8.61. The number of nitrogens with one attached hydrogen (secondary N) is 2. The second-order valence-electron chi connectivity index (χ2n) is 6.10. The molecule has 0 spiro atoms. The first-order valence-corrected chi connectivity index (χ1v) is 8.49. The van der Waals surface area contributed by atoms with Crippen LogP contribution >= 0.6 is 0 Å². The molecule has 7 nitrogen and oxygen atoms in total. The number of imidazole rings is 1. The summed E-state index contributed by atoms with van der Waals surface area (Å²) < 4.78 is 15.6. The number of carbonyl (C=O) groups is 2. The quantitative estimate of drug-likeness (QED) is 0.594. The lowest BCUT2D eigenvalue weighted by molar-refractivity contribution is -0.136. The number of benzene rings is 1. The Hall–Kier alpha value is -3.26. The van der Waals surface area contributed by atoms with Gasteiger partial charge in [-0.25, -0.2) is 9.37 Å². The van der Waals surface area contributed by atoms with Crippen molar-refractivity contribution in [2.75, 3.05) is 11.9 Å². The number of aryl methyl sites for hydroxylation is 1. The van der Waals surface area contributed by atoms with Gasteiger partial charge in [-0.05, 0) is 31.2 Å². The summed E-state index contributed by atoms with van der Waals surface area (Å²) in [6, 6.07) is 9.90. The van der Waals surface area contributed by atoms with Gasteiger partial charge in [0.2, 0.25) is 0 Å². The molecule has 0 fully saturated rings. The van der Waals surface area contributed by atoms with Gasteiger partial charge < -0.3 is 20.8 Å². The lowest BCUT2D eigenvalue weighted by atomic mass is 10.2. The lowest BCUT2D eigenvalue weighted by Crippen LogP contribution is -2.36. The van der Waals surface area contributed by atoms with Crippen LogP contribution in [0.25, 0.3) is 5.65 Å². The van der Waals surface area contributed by atoms with E-state index in [4.69, 9.17) is 5.73 Å². The lowest BCUT2D eigenvalue weighted by Gasteiger charge is -2.07. The maximum atomic E-state index is 13.7. The van der Waals surface area contributed by atoms with Gasteiger partial charge in [-0.2, -0.15) is 0 Å². The summed E-state index contributed by atoms with van der Waals surface area (Å²) in [4.78, 5) is 28.3. The number of rotatable bonds is 5. The average molecular weight is 369 g/mol. The second kappa shape index (κ2) is 7.96. The molecule has 2 amide bonds. The van der Waals surface area contributed by atoms with Crippen LogP contribution in [-0.4, -0.2) is 27.7 Å². The molecule has 0 radical (unpaired) electrons. The summed E-state index contributed by atoms with van der Waals surface area (Å²) in [7, 11) is 0. The zero-order valence-corrected chi connectivity index (χ0v) is 14.8. The molecular weight excluding hydrogens is 349 g/mol. The van der Waals surface area contributed by atoms with E-state index in [0.717, 1.165) is 23.1 Å². The first-order valence-electron chi connectivity index (χ1n) is 8.49. The predicted octanol–water partition coefficient (Wildman–Crippen LogP) is 1.54. The molecule has 0 aliphatic carbocycles. The van der Waals surface area contributed by atoms with Crippen LogP contribution < -0.4 is 16.4 Å². The van der Waals surface area contributed by atoms with Gasteiger partial charge in [0.25, 0.3) is 0 Å². The zero-order valence-electron chi connectivity index (χ0n) is 14.8. The fourth-order valence-electron chi connectivity index (χ4n) is 2.68. The second-order valence-corrected chi connectivity index (χ2v) is 6.10. The van der Waals surface area contributed by atoms with Crippen LogP contribution in [0.2, 0.25) is 0 Å². The molecule has 140 valence electrons. The number of pyridine rings is 1. The number of anilines is 1. The highest BCUT2D eigenvalue weighted by atomic mass is 19.1. The molecule has 0 aliphatic rings. The third-order valence-corrected chi connectivity index (χ3v) is 4.15. The van der Waals surface area contributed by atoms with E-state index in [1.807, 2.05) is 35.7 Å². The molecule has 2 heterocycles. The van der Waals surface area contributed by atoms with Gasteiger partial charge >= 0.3 is 11.8 Å². The standard InChI is InChI=1S/C19H20FN5O2/c1-12-3-2-4-17-23-15(11-25(12)17)7-8-22-18(26)19(27)24-14-6-5-13(10-21)16(20)9-14/h2-6,9,11H,7-8,10,21H2,1H3,(H,22,26)(H,24,27). The van der Waals surface area contributed by atoms with Gasteiger partial charge in [0.1, 0.15) is 11.5 Å². The number of amides is 2. The van der Waals surface area contributed by atoms with Crippen molar-refractivity contribution in [1.29, 1.82) is 0 Å². The number of nitrogens with zero attached hydrogens (tertiary/aromatic N) is 2. The molecule has 0 aliphatic heterocycles. The third kappa shape index (κ3) is 4.29. The minimum Gasteiger partial charge on any atom is -0.347 e. The van der Waals surface area contributed by atoms with Crippen LogP contribution in [0.15, 0.2) is 42.6 Å². The fraction of sp³-hybridized carbons (Fsp3) is 0.211. The molecule has 2 aromatic heterocycles. The summed E-state index contributed by atoms with van der Waals surface area (Å²) >= 11 is 0. The molecule has 27 heavy (non-hydrogen) atoms. The number of halogens is 1. The minimum absolute atomic E-state index is 0.0587. The predicted molar refractivity (Wildman–Crippen MR) is 99.6 cm³/mol. The van der Waals surface area contributed by atoms with Crippen LogP contribution in [-0.2, 0) is 22.6 Å². The highest BCUT2D eigenvalue weighted by molar-refractivity contribution is 6.39. The molecular formula is C19H20FN5O2. The molecule has 1 aromatic carbocycles. The van der Waals surface area contributed by atoms with Crippen LogP contribution in [0, 0.1) is 12.7 Å². The van der Waals surface area contributed by atoms with E-state index in [1.54, 1.807) is 0 Å². The van der Waals surface area contributed by atoms with Crippen molar-refractivity contribution < 1.29 is 14.0 Å². The van der Waals surface area contributed by atoms with Gasteiger partial charge in [-0.3, -0.25) is 9.59 Å². The summed E-state index contributed by atoms with van der Waals surface area (Å²) in [6.07, 6.45) is 2.39. The van der Waals surface area contributed by atoms with Crippen molar-refractivity contribution in [3.8, 4) is 0 Å². The van der Waals surface area contributed by atoms with E-state index in [1.165, 1.54) is 12.1 Å². The molecule has 0 bridgehead atoms. The monoisotopic (exact) mass is 369 g/mol. The van der Waals surface area contributed by atoms with E-state index in [-0.39, 0.29) is 18.8 Å². The number of fused-ring (bicyclic) bond motifs is 1. The molecule has 3 rings (SSSR count). The number of nitrogens with two attached hydrogens (primary N) is 1. The fourth-order valence-corrected chi connectivity index (χ4v) is 2.68. The molecule has 0 atom stereocenters. The van der Waals surface area contributed by atoms with E-state index in [0.29, 0.717) is 12.0 Å². The summed E-state index contributed by atoms with van der Waals surface area (Å²) in [5, 5.41) is 4.89. The van der Waals surface area contributed by atoms with Crippen LogP contribution in [0.1, 0.15) is 17.0 Å². The SMILES string of the molecule is Cc1cccc2nc(CCNC(=O)C(=O)Nc3ccc(CN)c(F)c3)cn12. The third-order valence-electron chi connectivity index (χ3n) is 4.15. The van der Waals surface area contributed by atoms with Crippen LogP contribution in [0.3, 0.4) is 0 Å². The molecule has 0 saturated carbocycles. The zero-order chi connectivity index (χ0) is 19.4. The molecule has 4 N–H and O–H groups in total. The van der Waals surface area contributed by atoms with Crippen molar-refractivity contribution in [3.63, 3.8) is 0 Å².